The van der Waals surface area contributed by atoms with Crippen LogP contribution in [0.4, 0.5) is 0 Å². The van der Waals surface area contributed by atoms with Crippen LogP contribution in [0.1, 0.15) is 113 Å². The Morgan fingerprint density at radius 1 is 0.571 bits per heavy atom. The predicted molar refractivity (Wildman–Crippen MR) is 262 cm³/mol. The first-order chi connectivity index (χ1) is 36.1. The summed E-state index contributed by atoms with van der Waals surface area (Å²) in [5, 5.41) is 128. The third-order valence-corrected chi connectivity index (χ3v) is 21.2. The molecule has 4 saturated carbocycles. The zero-order valence-corrected chi connectivity index (χ0v) is 45.4. The van der Waals surface area contributed by atoms with Crippen molar-refractivity contribution < 1.29 is 113 Å². The second-order valence-corrected chi connectivity index (χ2v) is 26.0. The van der Waals surface area contributed by atoms with Gasteiger partial charge in [0.25, 0.3) is 0 Å². The molecule has 0 aromatic heterocycles. The van der Waals surface area contributed by atoms with E-state index in [1.54, 1.807) is 0 Å². The summed E-state index contributed by atoms with van der Waals surface area (Å²) in [6, 6.07) is 0. The van der Waals surface area contributed by atoms with Crippen molar-refractivity contribution >= 4 is 11.9 Å². The van der Waals surface area contributed by atoms with Crippen molar-refractivity contribution in [3.05, 3.63) is 11.6 Å². The van der Waals surface area contributed by atoms with E-state index in [2.05, 4.69) is 54.5 Å². The number of esters is 2. The first-order valence-corrected chi connectivity index (χ1v) is 27.6. The van der Waals surface area contributed by atoms with Crippen LogP contribution in [0.3, 0.4) is 0 Å². The third-order valence-electron chi connectivity index (χ3n) is 21.2. The van der Waals surface area contributed by atoms with Gasteiger partial charge in [-0.3, -0.25) is 4.79 Å². The van der Waals surface area contributed by atoms with Crippen LogP contribution in [0, 0.1) is 50.2 Å². The van der Waals surface area contributed by atoms with E-state index in [-0.39, 0.29) is 39.4 Å². The van der Waals surface area contributed by atoms with E-state index < -0.39 is 165 Å². The van der Waals surface area contributed by atoms with E-state index in [4.69, 9.17) is 42.6 Å². The number of fused-ring (bicyclic) bond motifs is 7. The number of allylic oxidation sites excluding steroid dienone is 2. The Balaban J connectivity index is 0.990. The molecule has 440 valence electrons. The van der Waals surface area contributed by atoms with E-state index in [9.17, 15) is 70.9 Å². The van der Waals surface area contributed by atoms with Crippen molar-refractivity contribution in [1.29, 1.82) is 0 Å². The molecule has 0 unspecified atom stereocenters. The molecule has 0 spiro atoms. The second kappa shape index (κ2) is 21.6. The fraction of sp³-hybridized carbons (Fsp3) is 0.926. The molecule has 27 atom stereocenters. The van der Waals surface area contributed by atoms with Gasteiger partial charge in [0, 0.05) is 0 Å². The first-order valence-electron chi connectivity index (χ1n) is 27.6. The van der Waals surface area contributed by atoms with Gasteiger partial charge >= 0.3 is 11.9 Å². The molecule has 8 fully saturated rings. The maximum absolute atomic E-state index is 14.8. The summed E-state index contributed by atoms with van der Waals surface area (Å²) in [6.45, 7) is 13.6. The Morgan fingerprint density at radius 3 is 1.69 bits per heavy atom. The highest BCUT2D eigenvalue weighted by atomic mass is 16.8. The van der Waals surface area contributed by atoms with Crippen LogP contribution < -0.4 is 0 Å². The van der Waals surface area contributed by atoms with Crippen molar-refractivity contribution in [2.24, 2.45) is 50.2 Å². The van der Waals surface area contributed by atoms with Crippen LogP contribution in [-0.4, -0.2) is 223 Å². The van der Waals surface area contributed by atoms with Crippen LogP contribution in [0.2, 0.25) is 0 Å². The minimum absolute atomic E-state index is 0.0351. The molecule has 23 nitrogen and oxygen atoms in total. The van der Waals surface area contributed by atoms with E-state index >= 15 is 0 Å². The van der Waals surface area contributed by atoms with Crippen molar-refractivity contribution in [3.63, 3.8) is 0 Å². The van der Waals surface area contributed by atoms with Crippen molar-refractivity contribution in [2.75, 3.05) is 26.9 Å². The Labute approximate surface area is 448 Å². The van der Waals surface area contributed by atoms with Crippen molar-refractivity contribution in [2.45, 2.75) is 235 Å². The number of hydrogen-bond acceptors (Lipinski definition) is 23. The van der Waals surface area contributed by atoms with Crippen molar-refractivity contribution in [1.82, 2.24) is 0 Å². The number of aliphatic hydroxyl groups is 12. The molecule has 12 N–H and O–H groups in total. The number of rotatable bonds is 12. The van der Waals surface area contributed by atoms with Gasteiger partial charge in [-0.25, -0.2) is 4.79 Å². The van der Waals surface area contributed by atoms with Gasteiger partial charge in [0.05, 0.1) is 38.4 Å². The van der Waals surface area contributed by atoms with Gasteiger partial charge in [0.1, 0.15) is 85.5 Å². The van der Waals surface area contributed by atoms with Gasteiger partial charge in [-0.2, -0.15) is 0 Å². The van der Waals surface area contributed by atoms with Gasteiger partial charge in [-0.05, 0) is 109 Å². The average Bonchev–Trinajstić information content (AvgIpc) is 3.82. The average molecular weight is 1100 g/mol. The summed E-state index contributed by atoms with van der Waals surface area (Å²) in [4.78, 5) is 28.4. The lowest BCUT2D eigenvalue weighted by Gasteiger charge is -2.71. The van der Waals surface area contributed by atoms with Crippen LogP contribution in [0.5, 0.6) is 0 Å². The molecule has 0 aromatic carbocycles. The zero-order valence-electron chi connectivity index (χ0n) is 45.4. The highest BCUT2D eigenvalue weighted by molar-refractivity contribution is 5.79. The van der Waals surface area contributed by atoms with Crippen LogP contribution >= 0.6 is 0 Å². The Morgan fingerprint density at radius 2 is 1.10 bits per heavy atom. The summed E-state index contributed by atoms with van der Waals surface area (Å²) in [7, 11) is 1.08. The number of aliphatic hydroxyl groups excluding tert-OH is 12. The number of carbonyl (C=O) groups is 2. The molecule has 23 heteroatoms. The summed E-state index contributed by atoms with van der Waals surface area (Å²) in [6.07, 6.45) is -23.3. The lowest BCUT2D eigenvalue weighted by molar-refractivity contribution is -0.383. The molecule has 4 heterocycles. The summed E-state index contributed by atoms with van der Waals surface area (Å²) < 4.78 is 53.5. The van der Waals surface area contributed by atoms with E-state index in [1.165, 1.54) is 5.57 Å². The van der Waals surface area contributed by atoms with Gasteiger partial charge in [-0.15, -0.1) is 0 Å². The summed E-state index contributed by atoms with van der Waals surface area (Å²) in [5.74, 6) is -1.55. The lowest BCUT2D eigenvalue weighted by atomic mass is 9.33. The number of hydrogen-bond donors (Lipinski definition) is 12. The van der Waals surface area contributed by atoms with Crippen LogP contribution in [0.25, 0.3) is 0 Å². The standard InChI is InChI=1S/C54H86O23/c1-49(2)15-17-54(48(68)77-46-38(65)35(62)32(59)26(21-56)72-46)18-16-52(6)23(24(54)19-49)9-10-29-51(5)13-12-30(50(3,4)28(51)11-14-53(29,52)7)73-47-41(75-45-37(64)34(61)31(58)25(20-55)70-45)39(66)40(42(76-47)43(67)69-8)74-44-36(63)33(60)27(22-57)71-44/h9,24-42,44-47,55-66H,10-22H2,1-8H3/t24-,25+,26+,27-,28-,29+,30-,31+,32+,33-,34-,35-,36+,37+,38+,39-,40-,41+,42-,44-,45-,46-,47+,51-,52+,53+,54-/m0/s1. The molecule has 0 radical (unpaired) electrons. The minimum Gasteiger partial charge on any atom is -0.467 e. The smallest absolute Gasteiger partial charge is 0.337 e. The normalized spacial score (nSPS) is 52.2. The van der Waals surface area contributed by atoms with E-state index in [0.29, 0.717) is 32.1 Å². The molecule has 0 bridgehead atoms. The molecule has 5 aliphatic carbocycles. The van der Waals surface area contributed by atoms with Crippen LogP contribution in [0.15, 0.2) is 11.6 Å². The van der Waals surface area contributed by atoms with Crippen molar-refractivity contribution in [3.8, 4) is 0 Å². The van der Waals surface area contributed by atoms with Gasteiger partial charge < -0.3 is 104 Å². The predicted octanol–water partition coefficient (Wildman–Crippen LogP) is -1.22. The first kappa shape index (κ1) is 59.5. The second-order valence-electron chi connectivity index (χ2n) is 26.0. The lowest BCUT2D eigenvalue weighted by Crippen LogP contribution is -2.68. The third kappa shape index (κ3) is 9.66. The number of ether oxygens (including phenoxy) is 9. The Kier molecular flexibility index (Phi) is 16.7. The molecule has 4 aliphatic heterocycles. The van der Waals surface area contributed by atoms with Gasteiger partial charge in [-0.1, -0.05) is 60.1 Å². The van der Waals surface area contributed by atoms with Gasteiger partial charge in [0.2, 0.25) is 6.29 Å². The molecular weight excluding hydrogens is 1020 g/mol. The summed E-state index contributed by atoms with van der Waals surface area (Å²) >= 11 is 0. The zero-order chi connectivity index (χ0) is 56.3. The Bertz CT molecular complexity index is 2160. The molecule has 9 aliphatic rings. The van der Waals surface area contributed by atoms with Crippen LogP contribution in [-0.2, 0) is 52.2 Å². The summed E-state index contributed by atoms with van der Waals surface area (Å²) in [5.41, 5.74) is -1.30. The minimum atomic E-state index is -1.94. The highest BCUT2D eigenvalue weighted by Gasteiger charge is 2.70. The number of methoxy groups -OCH3 is 1. The molecule has 0 aromatic rings. The highest BCUT2D eigenvalue weighted by Crippen LogP contribution is 2.76. The van der Waals surface area contributed by atoms with Gasteiger partial charge in [0.15, 0.2) is 25.0 Å². The molecule has 4 saturated heterocycles. The fourth-order valence-electron chi connectivity index (χ4n) is 16.4. The Hall–Kier alpha value is -2.08. The SMILES string of the molecule is COC(=O)[C@H]1O[C@@H](O[C@H]2CC[C@]3(C)[C@H]4CC=C5[C@@H]6CC(C)(C)CC[C@]6(C(=O)O[C@@H]6O[C@H](CO)[C@@H](O)[C@H](O)[C@H]6O)CC[C@@]5(C)[C@]4(C)CC[C@H]3C2(C)C)[C@H](O[C@@H]2O[C@H](CO)[C@@H](O)[C@H](O)[C@H]2O)[C@@H](O)[C@@H]1O[C@@H]1O[C@@H](CO)[C@H](O)[C@H]1O. The maximum Gasteiger partial charge on any atom is 0.337 e. The quantitative estimate of drug-likeness (QED) is 0.0619. The monoisotopic (exact) mass is 1100 g/mol. The molecule has 0 amide bonds. The topological polar surface area (TPSA) is 360 Å². The van der Waals surface area contributed by atoms with E-state index in [0.717, 1.165) is 39.2 Å². The number of carbonyl (C=O) groups excluding carboxylic acids is 2. The maximum atomic E-state index is 14.8. The molecule has 9 rings (SSSR count). The fourth-order valence-corrected chi connectivity index (χ4v) is 16.4. The largest absolute Gasteiger partial charge is 0.467 e. The molecular formula is C54H86O23. The van der Waals surface area contributed by atoms with E-state index in [1.807, 2.05) is 0 Å². The molecule has 77 heavy (non-hydrogen) atoms.